The zero-order chi connectivity index (χ0) is 12.7. The first-order chi connectivity index (χ1) is 7.42. The van der Waals surface area contributed by atoms with Crippen LogP contribution in [-0.4, -0.2) is 17.5 Å². The van der Waals surface area contributed by atoms with Crippen molar-refractivity contribution in [3.63, 3.8) is 0 Å². The van der Waals surface area contributed by atoms with Gasteiger partial charge in [0.2, 0.25) is 5.91 Å². The van der Waals surface area contributed by atoms with Crippen molar-refractivity contribution in [1.29, 1.82) is 5.41 Å². The second-order valence-corrected chi connectivity index (χ2v) is 4.06. The van der Waals surface area contributed by atoms with Crippen molar-refractivity contribution in [3.05, 3.63) is 11.6 Å². The molecule has 1 fully saturated rings. The lowest BCUT2D eigenvalue weighted by Gasteiger charge is -2.15. The van der Waals surface area contributed by atoms with E-state index in [4.69, 9.17) is 5.41 Å². The van der Waals surface area contributed by atoms with E-state index in [0.717, 1.165) is 0 Å². The molecule has 0 spiro atoms. The lowest BCUT2D eigenvalue weighted by molar-refractivity contribution is -0.128. The minimum absolute atomic E-state index is 0.00426. The number of piperidine rings is 1. The molecule has 0 unspecified atom stereocenters. The first-order valence-electron chi connectivity index (χ1n) is 5.56. The highest BCUT2D eigenvalue weighted by atomic mass is 16.2. The lowest BCUT2D eigenvalue weighted by atomic mass is 9.99. The highest BCUT2D eigenvalue weighted by Gasteiger charge is 2.25. The second kappa shape index (κ2) is 6.93. The molecule has 2 N–H and O–H groups in total. The molecule has 90 valence electrons. The molecule has 1 aliphatic heterocycles. The van der Waals surface area contributed by atoms with Gasteiger partial charge in [0, 0.05) is 0 Å². The van der Waals surface area contributed by atoms with Gasteiger partial charge in [-0.25, -0.2) is 0 Å². The maximum Gasteiger partial charge on any atom is 0.259 e. The third kappa shape index (κ3) is 4.87. The fraction of sp³-hybridized carbons (Fsp3) is 0.583. The van der Waals surface area contributed by atoms with Gasteiger partial charge < -0.3 is 5.41 Å². The van der Waals surface area contributed by atoms with Crippen molar-refractivity contribution in [2.75, 3.05) is 0 Å². The van der Waals surface area contributed by atoms with Crippen LogP contribution in [0.15, 0.2) is 11.6 Å². The summed E-state index contributed by atoms with van der Waals surface area (Å²) in [6.45, 7) is 8.09. The van der Waals surface area contributed by atoms with Gasteiger partial charge in [-0.2, -0.15) is 0 Å². The Morgan fingerprint density at radius 1 is 1.38 bits per heavy atom. The molecule has 1 aliphatic rings. The Kier molecular flexibility index (Phi) is 6.30. The molecule has 0 saturated carbocycles. The maximum atomic E-state index is 11.2. The quantitative estimate of drug-likeness (QED) is 0.528. The van der Waals surface area contributed by atoms with Crippen molar-refractivity contribution in [2.45, 2.75) is 40.5 Å². The van der Waals surface area contributed by atoms with Crippen LogP contribution in [0.25, 0.3) is 0 Å². The molecule has 0 aromatic rings. The number of allylic oxidation sites excluding steroid dienone is 1. The number of nitrogens with one attached hydrogen (secondary N) is 2. The van der Waals surface area contributed by atoms with Gasteiger partial charge in [0.05, 0.1) is 17.7 Å². The summed E-state index contributed by atoms with van der Waals surface area (Å²) in [6, 6.07) is 0. The average Bonchev–Trinajstić information content (AvgIpc) is 2.12. The van der Waals surface area contributed by atoms with Crippen molar-refractivity contribution in [3.8, 4) is 0 Å². The van der Waals surface area contributed by atoms with E-state index in [9.17, 15) is 9.59 Å². The molecule has 1 rings (SSSR count). The molecular weight excluding hydrogens is 204 g/mol. The van der Waals surface area contributed by atoms with E-state index in [1.165, 1.54) is 6.42 Å². The number of carbonyl (C=O) groups excluding carboxylic acids is 2. The highest BCUT2D eigenvalue weighted by molar-refractivity contribution is 6.31. The van der Waals surface area contributed by atoms with Crippen LogP contribution in [0.4, 0.5) is 0 Å². The van der Waals surface area contributed by atoms with Crippen LogP contribution in [0.3, 0.4) is 0 Å². The Labute approximate surface area is 96.6 Å². The zero-order valence-electron chi connectivity index (χ0n) is 10.4. The molecule has 0 aromatic heterocycles. The summed E-state index contributed by atoms with van der Waals surface area (Å²) < 4.78 is 0. The van der Waals surface area contributed by atoms with Crippen LogP contribution in [0.1, 0.15) is 40.5 Å². The Morgan fingerprint density at radius 3 is 2.25 bits per heavy atom. The van der Waals surface area contributed by atoms with Gasteiger partial charge in [0.15, 0.2) is 0 Å². The number of rotatable bonds is 1. The fourth-order valence-electron chi connectivity index (χ4n) is 1.14. The molecule has 1 saturated heterocycles. The molecule has 2 amide bonds. The smallest absolute Gasteiger partial charge is 0.259 e. The van der Waals surface area contributed by atoms with E-state index >= 15 is 0 Å². The van der Waals surface area contributed by atoms with E-state index in [1.54, 1.807) is 6.08 Å². The summed E-state index contributed by atoms with van der Waals surface area (Å²) in [7, 11) is 0. The third-order valence-corrected chi connectivity index (χ3v) is 1.66. The van der Waals surface area contributed by atoms with Gasteiger partial charge in [-0.1, -0.05) is 40.2 Å². The molecule has 1 heterocycles. The van der Waals surface area contributed by atoms with E-state index < -0.39 is 11.8 Å². The Balaban J connectivity index is 0.000000673. The Hall–Kier alpha value is -1.45. The second-order valence-electron chi connectivity index (χ2n) is 4.06. The van der Waals surface area contributed by atoms with Crippen LogP contribution in [-0.2, 0) is 9.59 Å². The van der Waals surface area contributed by atoms with Gasteiger partial charge in [-0.05, 0) is 5.92 Å². The summed E-state index contributed by atoms with van der Waals surface area (Å²) in [5.41, 5.74) is 0.442. The maximum absolute atomic E-state index is 11.2. The normalized spacial score (nSPS) is 18.3. The monoisotopic (exact) mass is 224 g/mol. The number of imide groups is 1. The topological polar surface area (TPSA) is 70.0 Å². The average molecular weight is 224 g/mol. The first kappa shape index (κ1) is 14.6. The lowest BCUT2D eigenvalue weighted by Crippen LogP contribution is -2.40. The summed E-state index contributed by atoms with van der Waals surface area (Å²) in [6.07, 6.45) is 2.95. The summed E-state index contributed by atoms with van der Waals surface area (Å²) in [4.78, 5) is 22.0. The van der Waals surface area contributed by atoms with Gasteiger partial charge in [-0.3, -0.25) is 14.9 Å². The third-order valence-electron chi connectivity index (χ3n) is 1.66. The summed E-state index contributed by atoms with van der Waals surface area (Å²) in [5, 5.41) is 9.63. The van der Waals surface area contributed by atoms with E-state index in [2.05, 4.69) is 19.2 Å². The molecule has 0 aromatic carbocycles. The standard InChI is InChI=1S/C9H12N2O2.C3H8/c1-5(2)3-6-7(10)4-8(12)11-9(6)13;1-3-2/h3,5,10H,4H2,1-2H3,(H,11,12,13);3H2,1-2H3/b6-3+,10-7?;. The van der Waals surface area contributed by atoms with E-state index in [1.807, 2.05) is 13.8 Å². The minimum atomic E-state index is -0.449. The molecule has 0 radical (unpaired) electrons. The fourth-order valence-corrected chi connectivity index (χ4v) is 1.14. The van der Waals surface area contributed by atoms with Gasteiger partial charge >= 0.3 is 0 Å². The van der Waals surface area contributed by atoms with Crippen LogP contribution < -0.4 is 5.32 Å². The molecule has 0 atom stereocenters. The van der Waals surface area contributed by atoms with Gasteiger partial charge in [0.1, 0.15) is 0 Å². The molecular formula is C12H20N2O2. The minimum Gasteiger partial charge on any atom is -0.304 e. The molecule has 0 bridgehead atoms. The van der Waals surface area contributed by atoms with Gasteiger partial charge in [-0.15, -0.1) is 0 Å². The van der Waals surface area contributed by atoms with Crippen molar-refractivity contribution < 1.29 is 9.59 Å². The summed E-state index contributed by atoms with van der Waals surface area (Å²) >= 11 is 0. The number of hydrogen-bond acceptors (Lipinski definition) is 3. The van der Waals surface area contributed by atoms with Gasteiger partial charge in [0.25, 0.3) is 5.91 Å². The summed E-state index contributed by atoms with van der Waals surface area (Å²) in [5.74, 6) is -0.639. The first-order valence-corrected chi connectivity index (χ1v) is 5.56. The molecule has 4 nitrogen and oxygen atoms in total. The zero-order valence-corrected chi connectivity index (χ0v) is 10.4. The SMILES string of the molecule is CC(C)/C=C1\C(=N)CC(=O)NC1=O.CCC. The van der Waals surface area contributed by atoms with E-state index in [0.29, 0.717) is 5.57 Å². The van der Waals surface area contributed by atoms with E-state index in [-0.39, 0.29) is 18.1 Å². The molecule has 4 heteroatoms. The van der Waals surface area contributed by atoms with Crippen LogP contribution in [0.2, 0.25) is 0 Å². The van der Waals surface area contributed by atoms with Crippen LogP contribution >= 0.6 is 0 Å². The van der Waals surface area contributed by atoms with Crippen molar-refractivity contribution in [2.24, 2.45) is 5.92 Å². The van der Waals surface area contributed by atoms with Crippen LogP contribution in [0, 0.1) is 11.3 Å². The van der Waals surface area contributed by atoms with Crippen molar-refractivity contribution >= 4 is 17.5 Å². The number of carbonyl (C=O) groups is 2. The largest absolute Gasteiger partial charge is 0.304 e. The number of hydrogen-bond donors (Lipinski definition) is 2. The Bertz CT molecular complexity index is 295. The molecule has 16 heavy (non-hydrogen) atoms. The predicted octanol–water partition coefficient (Wildman–Crippen LogP) is 2.05. The Morgan fingerprint density at radius 2 is 1.88 bits per heavy atom. The predicted molar refractivity (Wildman–Crippen MR) is 64.4 cm³/mol. The number of amides is 2. The molecule has 0 aliphatic carbocycles. The van der Waals surface area contributed by atoms with Crippen molar-refractivity contribution in [1.82, 2.24) is 5.32 Å². The van der Waals surface area contributed by atoms with Crippen LogP contribution in [0.5, 0.6) is 0 Å². The highest BCUT2D eigenvalue weighted by Crippen LogP contribution is 2.10.